The molecule has 0 fully saturated rings. The SMILES string of the molecule is Cc1ccc(C(=O)C(=O)N(C)Cc2ccc3c(c2)OCCO3)cc1. The Morgan fingerprint density at radius 1 is 1.00 bits per heavy atom. The first kappa shape index (κ1) is 16.1. The number of ether oxygens (including phenoxy) is 2. The largest absolute Gasteiger partial charge is 0.486 e. The first-order chi connectivity index (χ1) is 11.5. The van der Waals surface area contributed by atoms with Crippen molar-refractivity contribution in [1.82, 2.24) is 4.90 Å². The first-order valence-electron chi connectivity index (χ1n) is 7.79. The molecular formula is C19H19NO4. The topological polar surface area (TPSA) is 55.8 Å². The third-order valence-electron chi connectivity index (χ3n) is 3.88. The van der Waals surface area contributed by atoms with Crippen LogP contribution in [0.5, 0.6) is 11.5 Å². The molecule has 2 aromatic rings. The van der Waals surface area contributed by atoms with E-state index in [0.29, 0.717) is 36.8 Å². The minimum Gasteiger partial charge on any atom is -0.486 e. The Labute approximate surface area is 140 Å². The number of nitrogens with zero attached hydrogens (tertiary/aromatic N) is 1. The number of aryl methyl sites for hydroxylation is 1. The molecule has 0 saturated heterocycles. The summed E-state index contributed by atoms with van der Waals surface area (Å²) in [6.07, 6.45) is 0. The Hall–Kier alpha value is -2.82. The Bertz CT molecular complexity index is 767. The second-order valence-corrected chi connectivity index (χ2v) is 5.83. The predicted molar refractivity (Wildman–Crippen MR) is 89.4 cm³/mol. The molecule has 0 atom stereocenters. The van der Waals surface area contributed by atoms with Gasteiger partial charge in [-0.25, -0.2) is 0 Å². The molecule has 5 heteroatoms. The maximum absolute atomic E-state index is 12.3. The van der Waals surface area contributed by atoms with E-state index >= 15 is 0 Å². The Morgan fingerprint density at radius 3 is 2.38 bits per heavy atom. The van der Waals surface area contributed by atoms with Crippen LogP contribution in [0.1, 0.15) is 21.5 Å². The van der Waals surface area contributed by atoms with Gasteiger partial charge in [0.25, 0.3) is 5.91 Å². The van der Waals surface area contributed by atoms with Crippen LogP contribution in [0.2, 0.25) is 0 Å². The van der Waals surface area contributed by atoms with Gasteiger partial charge in [0.1, 0.15) is 13.2 Å². The Balaban J connectivity index is 1.69. The molecule has 2 aromatic carbocycles. The number of hydrogen-bond donors (Lipinski definition) is 0. The van der Waals surface area contributed by atoms with Crippen molar-refractivity contribution in [3.63, 3.8) is 0 Å². The average Bonchev–Trinajstić information content (AvgIpc) is 2.61. The molecule has 0 saturated carbocycles. The third-order valence-corrected chi connectivity index (χ3v) is 3.88. The average molecular weight is 325 g/mol. The van der Waals surface area contributed by atoms with Gasteiger partial charge in [-0.3, -0.25) is 9.59 Å². The summed E-state index contributed by atoms with van der Waals surface area (Å²) in [5.74, 6) is 0.336. The second kappa shape index (κ2) is 6.74. The fourth-order valence-electron chi connectivity index (χ4n) is 2.53. The van der Waals surface area contributed by atoms with Crippen LogP contribution >= 0.6 is 0 Å². The summed E-state index contributed by atoms with van der Waals surface area (Å²) in [6, 6.07) is 12.5. The maximum Gasteiger partial charge on any atom is 0.294 e. The molecule has 0 aliphatic carbocycles. The quantitative estimate of drug-likeness (QED) is 0.640. The lowest BCUT2D eigenvalue weighted by molar-refractivity contribution is -0.125. The molecule has 0 bridgehead atoms. The fourth-order valence-corrected chi connectivity index (χ4v) is 2.53. The van der Waals surface area contributed by atoms with Crippen LogP contribution in [0.25, 0.3) is 0 Å². The van der Waals surface area contributed by atoms with Gasteiger partial charge in [-0.2, -0.15) is 0 Å². The number of carbonyl (C=O) groups is 2. The summed E-state index contributed by atoms with van der Waals surface area (Å²) in [5, 5.41) is 0. The van der Waals surface area contributed by atoms with E-state index in [1.165, 1.54) is 4.90 Å². The van der Waals surface area contributed by atoms with Crippen LogP contribution in [-0.4, -0.2) is 36.9 Å². The van der Waals surface area contributed by atoms with E-state index in [-0.39, 0.29) is 0 Å². The zero-order chi connectivity index (χ0) is 17.1. The second-order valence-electron chi connectivity index (χ2n) is 5.83. The summed E-state index contributed by atoms with van der Waals surface area (Å²) >= 11 is 0. The highest BCUT2D eigenvalue weighted by Gasteiger charge is 2.21. The van der Waals surface area contributed by atoms with Gasteiger partial charge in [-0.15, -0.1) is 0 Å². The van der Waals surface area contributed by atoms with E-state index in [1.54, 1.807) is 19.2 Å². The van der Waals surface area contributed by atoms with Crippen LogP contribution in [0, 0.1) is 6.92 Å². The summed E-state index contributed by atoms with van der Waals surface area (Å²) in [6.45, 7) is 3.31. The molecule has 3 rings (SSSR count). The van der Waals surface area contributed by atoms with Gasteiger partial charge in [0.2, 0.25) is 5.78 Å². The Morgan fingerprint density at radius 2 is 1.67 bits per heavy atom. The molecule has 5 nitrogen and oxygen atoms in total. The van der Waals surface area contributed by atoms with E-state index in [0.717, 1.165) is 11.1 Å². The first-order valence-corrected chi connectivity index (χ1v) is 7.79. The lowest BCUT2D eigenvalue weighted by atomic mass is 10.1. The number of hydrogen-bond acceptors (Lipinski definition) is 4. The van der Waals surface area contributed by atoms with Crippen molar-refractivity contribution >= 4 is 11.7 Å². The number of carbonyl (C=O) groups excluding carboxylic acids is 2. The maximum atomic E-state index is 12.3. The number of fused-ring (bicyclic) bond motifs is 1. The van der Waals surface area contributed by atoms with E-state index < -0.39 is 11.7 Å². The molecule has 0 aromatic heterocycles. The number of Topliss-reactive ketones (excluding diaryl/α,β-unsaturated/α-hetero) is 1. The molecule has 1 amide bonds. The number of amides is 1. The molecule has 1 aliphatic rings. The summed E-state index contributed by atoms with van der Waals surface area (Å²) < 4.78 is 11.0. The smallest absolute Gasteiger partial charge is 0.294 e. The zero-order valence-corrected chi connectivity index (χ0v) is 13.7. The number of rotatable bonds is 4. The Kier molecular flexibility index (Phi) is 4.51. The van der Waals surface area contributed by atoms with Crippen LogP contribution in [-0.2, 0) is 11.3 Å². The van der Waals surface area contributed by atoms with Gasteiger partial charge < -0.3 is 14.4 Å². The van der Waals surface area contributed by atoms with Crippen molar-refractivity contribution in [3.8, 4) is 11.5 Å². The number of likely N-dealkylation sites (N-methyl/N-ethyl adjacent to an activating group) is 1. The third kappa shape index (κ3) is 3.40. The molecule has 0 radical (unpaired) electrons. The molecule has 0 N–H and O–H groups in total. The van der Waals surface area contributed by atoms with Crippen molar-refractivity contribution in [2.75, 3.05) is 20.3 Å². The highest BCUT2D eigenvalue weighted by Crippen LogP contribution is 2.31. The highest BCUT2D eigenvalue weighted by molar-refractivity contribution is 6.42. The van der Waals surface area contributed by atoms with Crippen molar-refractivity contribution in [3.05, 3.63) is 59.2 Å². The fraction of sp³-hybridized carbons (Fsp3) is 0.263. The summed E-state index contributed by atoms with van der Waals surface area (Å²) in [7, 11) is 1.62. The number of ketones is 1. The van der Waals surface area contributed by atoms with Crippen molar-refractivity contribution in [2.24, 2.45) is 0 Å². The van der Waals surface area contributed by atoms with Gasteiger partial charge in [0.05, 0.1) is 0 Å². The van der Waals surface area contributed by atoms with E-state index in [9.17, 15) is 9.59 Å². The predicted octanol–water partition coefficient (Wildman–Crippen LogP) is 2.61. The number of benzene rings is 2. The minimum absolute atomic E-state index is 0.326. The van der Waals surface area contributed by atoms with Gasteiger partial charge in [-0.05, 0) is 24.6 Å². The van der Waals surface area contributed by atoms with E-state index in [2.05, 4.69) is 0 Å². The molecule has 0 spiro atoms. The van der Waals surface area contributed by atoms with Gasteiger partial charge in [0.15, 0.2) is 11.5 Å². The van der Waals surface area contributed by atoms with Crippen LogP contribution < -0.4 is 9.47 Å². The van der Waals surface area contributed by atoms with Crippen molar-refractivity contribution in [1.29, 1.82) is 0 Å². The van der Waals surface area contributed by atoms with Crippen LogP contribution in [0.4, 0.5) is 0 Å². The van der Waals surface area contributed by atoms with Gasteiger partial charge >= 0.3 is 0 Å². The molecule has 0 unspecified atom stereocenters. The molecule has 24 heavy (non-hydrogen) atoms. The summed E-state index contributed by atoms with van der Waals surface area (Å²) in [4.78, 5) is 26.0. The van der Waals surface area contributed by atoms with E-state index in [1.807, 2.05) is 37.3 Å². The lowest BCUT2D eigenvalue weighted by Gasteiger charge is -2.21. The van der Waals surface area contributed by atoms with Crippen molar-refractivity contribution < 1.29 is 19.1 Å². The summed E-state index contributed by atoms with van der Waals surface area (Å²) in [5.41, 5.74) is 2.33. The standard InChI is InChI=1S/C19H19NO4/c1-13-3-6-15(7-4-13)18(21)19(22)20(2)12-14-5-8-16-17(11-14)24-10-9-23-16/h3-8,11H,9-10,12H2,1-2H3. The van der Waals surface area contributed by atoms with Gasteiger partial charge in [-0.1, -0.05) is 35.9 Å². The molecule has 1 heterocycles. The lowest BCUT2D eigenvalue weighted by Crippen LogP contribution is -2.32. The normalized spacial score (nSPS) is 12.6. The molecule has 1 aliphatic heterocycles. The minimum atomic E-state index is -0.534. The van der Waals surface area contributed by atoms with Crippen molar-refractivity contribution in [2.45, 2.75) is 13.5 Å². The monoisotopic (exact) mass is 325 g/mol. The van der Waals surface area contributed by atoms with E-state index in [4.69, 9.17) is 9.47 Å². The zero-order valence-electron chi connectivity index (χ0n) is 13.7. The molecule has 124 valence electrons. The van der Waals surface area contributed by atoms with Crippen LogP contribution in [0.3, 0.4) is 0 Å². The van der Waals surface area contributed by atoms with Gasteiger partial charge in [0, 0.05) is 19.2 Å². The highest BCUT2D eigenvalue weighted by atomic mass is 16.6. The van der Waals surface area contributed by atoms with Crippen LogP contribution in [0.15, 0.2) is 42.5 Å². The molecular weight excluding hydrogens is 306 g/mol.